The molecule has 0 saturated heterocycles. The maximum atomic E-state index is 12.0. The smallest absolute Gasteiger partial charge is 0.256 e. The van der Waals surface area contributed by atoms with E-state index < -0.39 is 0 Å². The van der Waals surface area contributed by atoms with Crippen molar-refractivity contribution in [3.63, 3.8) is 0 Å². The van der Waals surface area contributed by atoms with Crippen LogP contribution in [0.15, 0.2) is 11.1 Å². The predicted molar refractivity (Wildman–Crippen MR) is 64.0 cm³/mol. The Kier molecular flexibility index (Phi) is 2.39. The first-order chi connectivity index (χ1) is 8.08. The van der Waals surface area contributed by atoms with Crippen molar-refractivity contribution in [3.05, 3.63) is 11.1 Å². The number of fused-ring (bicyclic) bond motifs is 2. The zero-order valence-electron chi connectivity index (χ0n) is 10.5. The van der Waals surface area contributed by atoms with Gasteiger partial charge in [-0.2, -0.15) is 0 Å². The van der Waals surface area contributed by atoms with Gasteiger partial charge in [0.2, 0.25) is 0 Å². The van der Waals surface area contributed by atoms with Crippen LogP contribution in [0.3, 0.4) is 0 Å². The molecule has 2 saturated carbocycles. The monoisotopic (exact) mass is 233 g/mol. The van der Waals surface area contributed by atoms with E-state index in [0.717, 1.165) is 11.8 Å². The molecular formula is C14H19NO2. The topological polar surface area (TPSA) is 37.4 Å². The van der Waals surface area contributed by atoms with Crippen molar-refractivity contribution in [1.29, 1.82) is 0 Å². The molecule has 1 aliphatic heterocycles. The van der Waals surface area contributed by atoms with E-state index in [9.17, 15) is 9.59 Å². The first-order valence-corrected chi connectivity index (χ1v) is 6.61. The Morgan fingerprint density at radius 3 is 2.18 bits per heavy atom. The summed E-state index contributed by atoms with van der Waals surface area (Å²) in [5.74, 6) is 2.08. The largest absolute Gasteiger partial charge is 0.275 e. The number of hydrogen-bond acceptors (Lipinski definition) is 2. The molecule has 3 heteroatoms. The van der Waals surface area contributed by atoms with Crippen LogP contribution in [-0.4, -0.2) is 23.3 Å². The van der Waals surface area contributed by atoms with Crippen LogP contribution in [0, 0.1) is 17.8 Å². The Morgan fingerprint density at radius 2 is 1.71 bits per heavy atom. The lowest BCUT2D eigenvalue weighted by molar-refractivity contribution is -0.138. The highest BCUT2D eigenvalue weighted by molar-refractivity contribution is 6.18. The summed E-state index contributed by atoms with van der Waals surface area (Å²) in [5, 5.41) is 0. The van der Waals surface area contributed by atoms with Gasteiger partial charge in [-0.25, -0.2) is 0 Å². The van der Waals surface area contributed by atoms with Gasteiger partial charge in [0, 0.05) is 17.7 Å². The van der Waals surface area contributed by atoms with Crippen LogP contribution >= 0.6 is 0 Å². The number of hydrogen-bond donors (Lipinski definition) is 0. The number of rotatable bonds is 2. The van der Waals surface area contributed by atoms with Gasteiger partial charge in [0.15, 0.2) is 0 Å². The van der Waals surface area contributed by atoms with Crippen molar-refractivity contribution in [2.75, 3.05) is 6.54 Å². The van der Waals surface area contributed by atoms with Crippen LogP contribution in [0.25, 0.3) is 0 Å². The molecule has 0 radical (unpaired) electrons. The van der Waals surface area contributed by atoms with E-state index in [-0.39, 0.29) is 11.8 Å². The van der Waals surface area contributed by atoms with Crippen molar-refractivity contribution in [1.82, 2.24) is 4.90 Å². The minimum Gasteiger partial charge on any atom is -0.275 e. The van der Waals surface area contributed by atoms with Crippen LogP contribution in [0.5, 0.6) is 0 Å². The Bertz CT molecular complexity index is 400. The molecule has 0 N–H and O–H groups in total. The third-order valence-electron chi connectivity index (χ3n) is 5.00. The lowest BCUT2D eigenvalue weighted by atomic mass is 9.88. The molecule has 3 unspecified atom stereocenters. The Labute approximate surface area is 102 Å². The van der Waals surface area contributed by atoms with E-state index in [0.29, 0.717) is 23.6 Å². The summed E-state index contributed by atoms with van der Waals surface area (Å²) in [6, 6.07) is 0. The molecule has 1 heterocycles. The molecule has 0 aromatic heterocycles. The van der Waals surface area contributed by atoms with Crippen molar-refractivity contribution in [2.45, 2.75) is 39.5 Å². The zero-order chi connectivity index (χ0) is 12.2. The summed E-state index contributed by atoms with van der Waals surface area (Å²) in [5.41, 5.74) is 1.27. The van der Waals surface area contributed by atoms with E-state index in [1.54, 1.807) is 13.8 Å². The maximum absolute atomic E-state index is 12.0. The van der Waals surface area contributed by atoms with Crippen LogP contribution < -0.4 is 0 Å². The van der Waals surface area contributed by atoms with Gasteiger partial charge < -0.3 is 0 Å². The average molecular weight is 233 g/mol. The van der Waals surface area contributed by atoms with Gasteiger partial charge in [0.1, 0.15) is 0 Å². The van der Waals surface area contributed by atoms with Crippen molar-refractivity contribution < 1.29 is 9.59 Å². The van der Waals surface area contributed by atoms with Gasteiger partial charge in [-0.3, -0.25) is 14.5 Å². The van der Waals surface area contributed by atoms with E-state index in [4.69, 9.17) is 0 Å². The van der Waals surface area contributed by atoms with Gasteiger partial charge in [-0.1, -0.05) is 6.42 Å². The number of carbonyl (C=O) groups is 2. The van der Waals surface area contributed by atoms with E-state index in [1.807, 2.05) is 0 Å². The first kappa shape index (κ1) is 11.0. The summed E-state index contributed by atoms with van der Waals surface area (Å²) >= 11 is 0. The van der Waals surface area contributed by atoms with Gasteiger partial charge >= 0.3 is 0 Å². The van der Waals surface area contributed by atoms with Gasteiger partial charge in [-0.15, -0.1) is 0 Å². The fourth-order valence-corrected chi connectivity index (χ4v) is 3.82. The quantitative estimate of drug-likeness (QED) is 0.685. The van der Waals surface area contributed by atoms with Crippen LogP contribution in [0.2, 0.25) is 0 Å². The van der Waals surface area contributed by atoms with Gasteiger partial charge in [0.25, 0.3) is 11.8 Å². The van der Waals surface area contributed by atoms with Crippen molar-refractivity contribution >= 4 is 11.8 Å². The van der Waals surface area contributed by atoms with Crippen molar-refractivity contribution in [2.24, 2.45) is 17.8 Å². The number of nitrogens with zero attached hydrogens (tertiary/aromatic N) is 1. The van der Waals surface area contributed by atoms with E-state index in [1.165, 1.54) is 30.6 Å². The Morgan fingerprint density at radius 1 is 1.06 bits per heavy atom. The van der Waals surface area contributed by atoms with Crippen LogP contribution in [0.4, 0.5) is 0 Å². The molecule has 3 aliphatic rings. The second-order valence-corrected chi connectivity index (χ2v) is 5.91. The summed E-state index contributed by atoms with van der Waals surface area (Å²) in [6.07, 6.45) is 5.21. The minimum absolute atomic E-state index is 0.0599. The normalized spacial score (nSPS) is 36.6. The highest BCUT2D eigenvalue weighted by Crippen LogP contribution is 2.48. The lowest BCUT2D eigenvalue weighted by Gasteiger charge is -2.26. The highest BCUT2D eigenvalue weighted by atomic mass is 16.2. The molecule has 0 aromatic carbocycles. The third kappa shape index (κ3) is 1.55. The molecule has 2 amide bonds. The highest BCUT2D eigenvalue weighted by Gasteiger charge is 2.43. The lowest BCUT2D eigenvalue weighted by Crippen LogP contribution is -2.37. The number of imide groups is 1. The van der Waals surface area contributed by atoms with Gasteiger partial charge in [-0.05, 0) is 50.9 Å². The molecule has 3 nitrogen and oxygen atoms in total. The zero-order valence-corrected chi connectivity index (χ0v) is 10.5. The Hall–Kier alpha value is -1.12. The molecule has 0 spiro atoms. The number of amides is 2. The minimum atomic E-state index is -0.0599. The summed E-state index contributed by atoms with van der Waals surface area (Å²) in [7, 11) is 0. The van der Waals surface area contributed by atoms with Crippen LogP contribution in [0.1, 0.15) is 39.5 Å². The SMILES string of the molecule is CC1=C(C)C(=O)N(CC2CC3CCC2C3)C1=O. The average Bonchev–Trinajstić information content (AvgIpc) is 2.97. The summed E-state index contributed by atoms with van der Waals surface area (Å²) < 4.78 is 0. The second kappa shape index (κ2) is 3.69. The molecule has 17 heavy (non-hydrogen) atoms. The first-order valence-electron chi connectivity index (χ1n) is 6.61. The predicted octanol–water partition coefficient (Wildman–Crippen LogP) is 2.13. The molecular weight excluding hydrogens is 214 g/mol. The van der Waals surface area contributed by atoms with Crippen molar-refractivity contribution in [3.8, 4) is 0 Å². The standard InChI is InChI=1S/C14H19NO2/c1-8-9(2)14(17)15(13(8)16)7-12-6-10-3-4-11(12)5-10/h10-12H,3-7H2,1-2H3. The Balaban J connectivity index is 1.71. The fraction of sp³-hybridized carbons (Fsp3) is 0.714. The summed E-state index contributed by atoms with van der Waals surface area (Å²) in [4.78, 5) is 25.4. The fourth-order valence-electron chi connectivity index (χ4n) is 3.82. The van der Waals surface area contributed by atoms with E-state index >= 15 is 0 Å². The molecule has 3 atom stereocenters. The third-order valence-corrected chi connectivity index (χ3v) is 5.00. The molecule has 2 aliphatic carbocycles. The molecule has 2 fully saturated rings. The van der Waals surface area contributed by atoms with Crippen LogP contribution in [-0.2, 0) is 9.59 Å². The van der Waals surface area contributed by atoms with E-state index in [2.05, 4.69) is 0 Å². The molecule has 0 aromatic rings. The van der Waals surface area contributed by atoms with Gasteiger partial charge in [0.05, 0.1) is 0 Å². The maximum Gasteiger partial charge on any atom is 0.256 e. The molecule has 3 rings (SSSR count). The second-order valence-electron chi connectivity index (χ2n) is 5.91. The molecule has 92 valence electrons. The number of carbonyl (C=O) groups excluding carboxylic acids is 2. The molecule has 2 bridgehead atoms. The summed E-state index contributed by atoms with van der Waals surface area (Å²) in [6.45, 7) is 4.18.